The highest BCUT2D eigenvalue weighted by atomic mass is 15.0. The van der Waals surface area contributed by atoms with E-state index in [1.54, 1.807) is 0 Å². The van der Waals surface area contributed by atoms with Gasteiger partial charge in [-0.05, 0) is 55.3 Å². The zero-order valence-electron chi connectivity index (χ0n) is 13.1. The molecule has 1 nitrogen and oxygen atoms in total. The molecule has 0 aromatic rings. The van der Waals surface area contributed by atoms with Crippen molar-refractivity contribution in [1.82, 2.24) is 5.32 Å². The molecule has 1 N–H and O–H groups in total. The standard InChI is InChI=1S/C17H33N/c1-11(2)15-8-6-12(3)10-17(15)18-16-9-7-13(4)14(16)5/h11-18H,6-10H2,1-5H3. The minimum atomic E-state index is 0.784. The second-order valence-electron chi connectivity index (χ2n) is 7.62. The fourth-order valence-corrected chi connectivity index (χ4v) is 4.27. The summed E-state index contributed by atoms with van der Waals surface area (Å²) >= 11 is 0. The maximum atomic E-state index is 4.06. The molecule has 0 radical (unpaired) electrons. The first-order valence-corrected chi connectivity index (χ1v) is 8.25. The van der Waals surface area contributed by atoms with Crippen LogP contribution in [0.3, 0.4) is 0 Å². The molecule has 0 aromatic carbocycles. The number of nitrogens with one attached hydrogen (secondary N) is 1. The molecule has 1 heteroatoms. The van der Waals surface area contributed by atoms with Crippen LogP contribution in [0, 0.1) is 29.6 Å². The summed E-state index contributed by atoms with van der Waals surface area (Å²) in [5.41, 5.74) is 0. The smallest absolute Gasteiger partial charge is 0.0103 e. The van der Waals surface area contributed by atoms with Crippen LogP contribution in [0.4, 0.5) is 0 Å². The summed E-state index contributed by atoms with van der Waals surface area (Å²) in [7, 11) is 0. The van der Waals surface area contributed by atoms with E-state index in [9.17, 15) is 0 Å². The Morgan fingerprint density at radius 2 is 1.61 bits per heavy atom. The molecule has 6 atom stereocenters. The predicted molar refractivity (Wildman–Crippen MR) is 79.6 cm³/mol. The van der Waals surface area contributed by atoms with Crippen molar-refractivity contribution in [3.8, 4) is 0 Å². The van der Waals surface area contributed by atoms with E-state index >= 15 is 0 Å². The molecule has 2 rings (SSSR count). The molecule has 0 aromatic heterocycles. The van der Waals surface area contributed by atoms with Crippen molar-refractivity contribution in [2.24, 2.45) is 29.6 Å². The van der Waals surface area contributed by atoms with E-state index in [-0.39, 0.29) is 0 Å². The molecular formula is C17H33N. The largest absolute Gasteiger partial charge is 0.311 e. The van der Waals surface area contributed by atoms with E-state index in [1.807, 2.05) is 0 Å². The van der Waals surface area contributed by atoms with Crippen LogP contribution in [-0.2, 0) is 0 Å². The maximum absolute atomic E-state index is 4.06. The third-order valence-corrected chi connectivity index (χ3v) is 5.92. The second kappa shape index (κ2) is 5.94. The van der Waals surface area contributed by atoms with Crippen LogP contribution < -0.4 is 5.32 Å². The van der Waals surface area contributed by atoms with E-state index in [2.05, 4.69) is 39.9 Å². The summed E-state index contributed by atoms with van der Waals surface area (Å²) in [5, 5.41) is 4.06. The van der Waals surface area contributed by atoms with E-state index in [0.717, 1.165) is 41.7 Å². The Morgan fingerprint density at radius 1 is 0.889 bits per heavy atom. The second-order valence-corrected chi connectivity index (χ2v) is 7.62. The van der Waals surface area contributed by atoms with Crippen LogP contribution in [0.25, 0.3) is 0 Å². The van der Waals surface area contributed by atoms with Crippen molar-refractivity contribution >= 4 is 0 Å². The molecule has 2 saturated carbocycles. The van der Waals surface area contributed by atoms with Gasteiger partial charge in [0.2, 0.25) is 0 Å². The highest BCUT2D eigenvalue weighted by Crippen LogP contribution is 2.37. The first-order chi connectivity index (χ1) is 8.49. The Bertz CT molecular complexity index is 260. The number of hydrogen-bond donors (Lipinski definition) is 1. The zero-order valence-corrected chi connectivity index (χ0v) is 13.1. The van der Waals surface area contributed by atoms with Gasteiger partial charge in [-0.1, -0.05) is 41.0 Å². The van der Waals surface area contributed by atoms with Gasteiger partial charge in [0.25, 0.3) is 0 Å². The van der Waals surface area contributed by atoms with Crippen molar-refractivity contribution in [2.45, 2.75) is 78.8 Å². The summed E-state index contributed by atoms with van der Waals surface area (Å²) in [6, 6.07) is 1.57. The monoisotopic (exact) mass is 251 g/mol. The van der Waals surface area contributed by atoms with Gasteiger partial charge in [-0.2, -0.15) is 0 Å². The highest BCUT2D eigenvalue weighted by Gasteiger charge is 2.36. The average molecular weight is 251 g/mol. The van der Waals surface area contributed by atoms with Gasteiger partial charge in [0.1, 0.15) is 0 Å². The van der Waals surface area contributed by atoms with E-state index in [1.165, 1.54) is 32.1 Å². The Morgan fingerprint density at radius 3 is 2.17 bits per heavy atom. The zero-order chi connectivity index (χ0) is 13.3. The highest BCUT2D eigenvalue weighted by molar-refractivity contribution is 4.92. The van der Waals surface area contributed by atoms with Crippen LogP contribution in [0.15, 0.2) is 0 Å². The average Bonchev–Trinajstić information content (AvgIpc) is 2.61. The van der Waals surface area contributed by atoms with Crippen molar-refractivity contribution in [3.05, 3.63) is 0 Å². The lowest BCUT2D eigenvalue weighted by Crippen LogP contribution is -2.48. The molecule has 0 amide bonds. The van der Waals surface area contributed by atoms with Crippen molar-refractivity contribution < 1.29 is 0 Å². The Kier molecular flexibility index (Phi) is 4.75. The molecule has 2 aliphatic carbocycles. The molecule has 106 valence electrons. The summed E-state index contributed by atoms with van der Waals surface area (Å²) in [6.45, 7) is 12.1. The van der Waals surface area contributed by atoms with E-state index in [4.69, 9.17) is 0 Å². The van der Waals surface area contributed by atoms with E-state index in [0.29, 0.717) is 0 Å². The Balaban J connectivity index is 1.96. The summed E-state index contributed by atoms with van der Waals surface area (Å²) in [6.07, 6.45) is 7.11. The summed E-state index contributed by atoms with van der Waals surface area (Å²) < 4.78 is 0. The summed E-state index contributed by atoms with van der Waals surface area (Å²) in [4.78, 5) is 0. The molecular weight excluding hydrogens is 218 g/mol. The fourth-order valence-electron chi connectivity index (χ4n) is 4.27. The summed E-state index contributed by atoms with van der Waals surface area (Å²) in [5.74, 6) is 4.45. The SMILES string of the molecule is CC1CCC(C(C)C)C(NC2CCC(C)C2C)C1. The van der Waals surface area contributed by atoms with Gasteiger partial charge in [-0.25, -0.2) is 0 Å². The minimum Gasteiger partial charge on any atom is -0.311 e. The maximum Gasteiger partial charge on any atom is 0.0103 e. The van der Waals surface area contributed by atoms with Crippen LogP contribution in [0.5, 0.6) is 0 Å². The predicted octanol–water partition coefficient (Wildman–Crippen LogP) is 4.47. The molecule has 6 unspecified atom stereocenters. The lowest BCUT2D eigenvalue weighted by Gasteiger charge is -2.40. The topological polar surface area (TPSA) is 12.0 Å². The van der Waals surface area contributed by atoms with Crippen molar-refractivity contribution in [2.75, 3.05) is 0 Å². The normalized spacial score (nSPS) is 45.7. The van der Waals surface area contributed by atoms with Crippen molar-refractivity contribution in [1.29, 1.82) is 0 Å². The third kappa shape index (κ3) is 3.10. The number of rotatable bonds is 3. The van der Waals surface area contributed by atoms with Gasteiger partial charge >= 0.3 is 0 Å². The van der Waals surface area contributed by atoms with Gasteiger partial charge in [0.05, 0.1) is 0 Å². The molecule has 2 aliphatic rings. The van der Waals surface area contributed by atoms with Crippen LogP contribution >= 0.6 is 0 Å². The van der Waals surface area contributed by atoms with Gasteiger partial charge in [-0.3, -0.25) is 0 Å². The molecule has 2 fully saturated rings. The van der Waals surface area contributed by atoms with Crippen molar-refractivity contribution in [3.63, 3.8) is 0 Å². The Labute approximate surface area is 114 Å². The minimum absolute atomic E-state index is 0.784. The quantitative estimate of drug-likeness (QED) is 0.780. The molecule has 0 spiro atoms. The first kappa shape index (κ1) is 14.4. The Hall–Kier alpha value is -0.0400. The lowest BCUT2D eigenvalue weighted by atomic mass is 9.73. The van der Waals surface area contributed by atoms with Gasteiger partial charge in [0.15, 0.2) is 0 Å². The van der Waals surface area contributed by atoms with Gasteiger partial charge in [-0.15, -0.1) is 0 Å². The first-order valence-electron chi connectivity index (χ1n) is 8.25. The number of hydrogen-bond acceptors (Lipinski definition) is 1. The molecule has 0 saturated heterocycles. The van der Waals surface area contributed by atoms with Crippen LogP contribution in [0.2, 0.25) is 0 Å². The molecule has 0 aliphatic heterocycles. The van der Waals surface area contributed by atoms with Crippen LogP contribution in [-0.4, -0.2) is 12.1 Å². The van der Waals surface area contributed by atoms with Gasteiger partial charge in [0, 0.05) is 12.1 Å². The third-order valence-electron chi connectivity index (χ3n) is 5.92. The lowest BCUT2D eigenvalue weighted by molar-refractivity contribution is 0.151. The molecule has 18 heavy (non-hydrogen) atoms. The van der Waals surface area contributed by atoms with E-state index < -0.39 is 0 Å². The molecule has 0 heterocycles. The van der Waals surface area contributed by atoms with Gasteiger partial charge < -0.3 is 5.32 Å². The fraction of sp³-hybridized carbons (Fsp3) is 1.00. The molecule has 0 bridgehead atoms. The van der Waals surface area contributed by atoms with Crippen LogP contribution in [0.1, 0.15) is 66.7 Å².